The topological polar surface area (TPSA) is 37.3 Å². The highest BCUT2D eigenvalue weighted by molar-refractivity contribution is 5.96. The number of ketones is 1. The number of hydrogen-bond acceptors (Lipinski definition) is 2. The van der Waals surface area contributed by atoms with Crippen LogP contribution in [0.3, 0.4) is 0 Å². The molecular weight excluding hydrogens is 296 g/mol. The van der Waals surface area contributed by atoms with E-state index in [-0.39, 0.29) is 10.8 Å². The van der Waals surface area contributed by atoms with Crippen molar-refractivity contribution in [1.29, 1.82) is 0 Å². The van der Waals surface area contributed by atoms with E-state index in [1.54, 1.807) is 0 Å². The first kappa shape index (κ1) is 16.6. The Labute approximate surface area is 146 Å². The minimum atomic E-state index is -0.568. The fraction of sp³-hybridized carbons (Fsp3) is 0.773. The van der Waals surface area contributed by atoms with Gasteiger partial charge in [-0.3, -0.25) is 4.79 Å². The normalized spacial score (nSPS) is 51.3. The van der Waals surface area contributed by atoms with Crippen LogP contribution >= 0.6 is 0 Å². The van der Waals surface area contributed by atoms with Crippen LogP contribution in [0.4, 0.5) is 0 Å². The predicted molar refractivity (Wildman–Crippen MR) is 96.5 cm³/mol. The summed E-state index contributed by atoms with van der Waals surface area (Å²) in [5.41, 5.74) is 3.33. The van der Waals surface area contributed by atoms with E-state index in [0.717, 1.165) is 44.1 Å². The van der Waals surface area contributed by atoms with Crippen LogP contribution in [0.1, 0.15) is 72.6 Å². The molecule has 4 aliphatic carbocycles. The van der Waals surface area contributed by atoms with E-state index in [1.165, 1.54) is 11.1 Å². The van der Waals surface area contributed by atoms with E-state index < -0.39 is 5.60 Å². The maximum atomic E-state index is 12.2. The fourth-order valence-corrected chi connectivity index (χ4v) is 7.29. The lowest BCUT2D eigenvalue weighted by Gasteiger charge is -2.60. The zero-order valence-electron chi connectivity index (χ0n) is 15.7. The minimum Gasteiger partial charge on any atom is -0.390 e. The van der Waals surface area contributed by atoms with Crippen molar-refractivity contribution in [2.24, 2.45) is 28.6 Å². The molecule has 0 aromatic rings. The molecule has 0 spiro atoms. The fourth-order valence-electron chi connectivity index (χ4n) is 7.29. The first-order valence-corrected chi connectivity index (χ1v) is 9.75. The molecule has 0 aromatic heterocycles. The van der Waals surface area contributed by atoms with Crippen LogP contribution in [0, 0.1) is 28.6 Å². The predicted octanol–water partition coefficient (Wildman–Crippen LogP) is 4.83. The van der Waals surface area contributed by atoms with Crippen molar-refractivity contribution in [3.8, 4) is 0 Å². The molecule has 1 unspecified atom stereocenters. The summed E-state index contributed by atoms with van der Waals surface area (Å²) in [4.78, 5) is 12.2. The maximum Gasteiger partial charge on any atom is 0.158 e. The molecule has 3 fully saturated rings. The molecule has 0 radical (unpaired) electrons. The molecule has 2 heteroatoms. The van der Waals surface area contributed by atoms with E-state index in [9.17, 15) is 9.90 Å². The first-order chi connectivity index (χ1) is 11.1. The Morgan fingerprint density at radius 2 is 1.83 bits per heavy atom. The minimum absolute atomic E-state index is 0.0254. The lowest BCUT2D eigenvalue weighted by molar-refractivity contribution is -0.119. The molecule has 0 bridgehead atoms. The zero-order chi connectivity index (χ0) is 17.5. The van der Waals surface area contributed by atoms with Gasteiger partial charge in [0.25, 0.3) is 0 Å². The summed E-state index contributed by atoms with van der Waals surface area (Å²) in [6, 6.07) is 0. The molecule has 2 nitrogen and oxygen atoms in total. The summed E-state index contributed by atoms with van der Waals surface area (Å²) in [7, 11) is 0. The van der Waals surface area contributed by atoms with Crippen molar-refractivity contribution >= 4 is 5.78 Å². The van der Waals surface area contributed by atoms with Gasteiger partial charge >= 0.3 is 0 Å². The highest BCUT2D eigenvalue weighted by atomic mass is 16.3. The maximum absolute atomic E-state index is 12.2. The first-order valence-electron chi connectivity index (χ1n) is 9.75. The SMILES string of the molecule is C=C1C[C@@]2(C)[C@@H](CCC2(C)O)[C@@H]2CCC3=C(C)C(=O)CC[C@]3(C)[C@H]12. The summed E-state index contributed by atoms with van der Waals surface area (Å²) in [6.45, 7) is 13.3. The van der Waals surface area contributed by atoms with Crippen LogP contribution in [0.15, 0.2) is 23.3 Å². The van der Waals surface area contributed by atoms with Crippen LogP contribution in [0.5, 0.6) is 0 Å². The lowest BCUT2D eigenvalue weighted by Crippen LogP contribution is -2.55. The second-order valence-electron chi connectivity index (χ2n) is 9.80. The summed E-state index contributed by atoms with van der Waals surface area (Å²) >= 11 is 0. The number of hydrogen-bond donors (Lipinski definition) is 1. The van der Waals surface area contributed by atoms with E-state index >= 15 is 0 Å². The number of fused-ring (bicyclic) bond motifs is 5. The van der Waals surface area contributed by atoms with Crippen molar-refractivity contribution in [3.63, 3.8) is 0 Å². The van der Waals surface area contributed by atoms with Crippen LogP contribution in [0.2, 0.25) is 0 Å². The Hall–Kier alpha value is -0.890. The third-order valence-corrected chi connectivity index (χ3v) is 8.82. The van der Waals surface area contributed by atoms with Crippen LogP contribution in [0.25, 0.3) is 0 Å². The van der Waals surface area contributed by atoms with E-state index in [1.807, 2.05) is 13.8 Å². The summed E-state index contributed by atoms with van der Waals surface area (Å²) < 4.78 is 0. The van der Waals surface area contributed by atoms with Crippen molar-refractivity contribution in [1.82, 2.24) is 0 Å². The molecule has 4 rings (SSSR count). The highest BCUT2D eigenvalue weighted by Crippen LogP contribution is 2.68. The van der Waals surface area contributed by atoms with Gasteiger partial charge in [-0.1, -0.05) is 31.6 Å². The number of Topliss-reactive ketones (excluding diaryl/α,β-unsaturated/α-hetero) is 1. The summed E-state index contributed by atoms with van der Waals surface area (Å²) in [5, 5.41) is 11.0. The Balaban J connectivity index is 1.79. The molecule has 1 N–H and O–H groups in total. The van der Waals surface area contributed by atoms with E-state index in [0.29, 0.717) is 30.0 Å². The molecule has 6 atom stereocenters. The summed E-state index contributed by atoms with van der Waals surface area (Å²) in [6.07, 6.45) is 6.92. The standard InChI is InChI=1S/C22H32O2/c1-13-12-21(4)17(8-11-22(21,5)24)15-6-7-16-14(2)18(23)9-10-20(16,3)19(13)15/h15,17,19,24H,1,6-12H2,2-5H3/t15-,17-,19+,20-,21-,22?/m0/s1. The lowest BCUT2D eigenvalue weighted by atomic mass is 9.45. The number of allylic oxidation sites excluding steroid dienone is 2. The molecule has 0 saturated heterocycles. The van der Waals surface area contributed by atoms with E-state index in [2.05, 4.69) is 20.4 Å². The van der Waals surface area contributed by atoms with Gasteiger partial charge in [-0.15, -0.1) is 0 Å². The van der Waals surface area contributed by atoms with Gasteiger partial charge in [0.15, 0.2) is 5.78 Å². The average molecular weight is 328 g/mol. The van der Waals surface area contributed by atoms with Crippen LogP contribution < -0.4 is 0 Å². The van der Waals surface area contributed by atoms with Gasteiger partial charge < -0.3 is 5.11 Å². The monoisotopic (exact) mass is 328 g/mol. The Kier molecular flexibility index (Phi) is 3.34. The van der Waals surface area contributed by atoms with Crippen molar-refractivity contribution in [2.45, 2.75) is 78.2 Å². The van der Waals surface area contributed by atoms with E-state index in [4.69, 9.17) is 0 Å². The zero-order valence-corrected chi connectivity index (χ0v) is 15.7. The molecule has 4 aliphatic rings. The van der Waals surface area contributed by atoms with Gasteiger partial charge in [0.2, 0.25) is 0 Å². The quantitative estimate of drug-likeness (QED) is 0.647. The number of rotatable bonds is 0. The summed E-state index contributed by atoms with van der Waals surface area (Å²) in [5.74, 6) is 2.08. The van der Waals surface area contributed by atoms with Crippen molar-refractivity contribution in [2.75, 3.05) is 0 Å². The van der Waals surface area contributed by atoms with Gasteiger partial charge in [0.1, 0.15) is 0 Å². The molecule has 132 valence electrons. The number of aliphatic hydroxyl groups is 1. The molecule has 0 aliphatic heterocycles. The third-order valence-electron chi connectivity index (χ3n) is 8.82. The Bertz CT molecular complexity index is 655. The van der Waals surface area contributed by atoms with Gasteiger partial charge in [-0.05, 0) is 81.1 Å². The molecule has 0 aromatic carbocycles. The molecule has 24 heavy (non-hydrogen) atoms. The molecule has 0 amide bonds. The molecule has 3 saturated carbocycles. The second-order valence-corrected chi connectivity index (χ2v) is 9.80. The largest absolute Gasteiger partial charge is 0.390 e. The van der Waals surface area contributed by atoms with Crippen LogP contribution in [-0.4, -0.2) is 16.5 Å². The van der Waals surface area contributed by atoms with Gasteiger partial charge in [0.05, 0.1) is 5.60 Å². The Morgan fingerprint density at radius 1 is 1.12 bits per heavy atom. The van der Waals surface area contributed by atoms with Crippen molar-refractivity contribution in [3.05, 3.63) is 23.3 Å². The number of carbonyl (C=O) groups excluding carboxylic acids is 1. The highest BCUT2D eigenvalue weighted by Gasteiger charge is 2.63. The smallest absolute Gasteiger partial charge is 0.158 e. The van der Waals surface area contributed by atoms with Crippen molar-refractivity contribution < 1.29 is 9.90 Å². The van der Waals surface area contributed by atoms with Gasteiger partial charge in [0, 0.05) is 11.8 Å². The van der Waals surface area contributed by atoms with Crippen LogP contribution in [-0.2, 0) is 4.79 Å². The third kappa shape index (κ3) is 1.84. The molecular formula is C22H32O2. The Morgan fingerprint density at radius 3 is 2.54 bits per heavy atom. The average Bonchev–Trinajstić information content (AvgIpc) is 2.73. The second kappa shape index (κ2) is 4.84. The number of carbonyl (C=O) groups is 1. The molecule has 0 heterocycles. The van der Waals surface area contributed by atoms with Gasteiger partial charge in [-0.2, -0.15) is 0 Å². The van der Waals surface area contributed by atoms with Gasteiger partial charge in [-0.25, -0.2) is 0 Å².